The second-order valence-electron chi connectivity index (χ2n) is 9.41. The monoisotopic (exact) mass is 513 g/mol. The lowest BCUT2D eigenvalue weighted by molar-refractivity contribution is -0.160. The first kappa shape index (κ1) is 29.9. The topological polar surface area (TPSA) is 94.5 Å². The lowest BCUT2D eigenvalue weighted by Crippen LogP contribution is -2.36. The average Bonchev–Trinajstić information content (AvgIpc) is 2.85. The minimum atomic E-state index is -0.617. The van der Waals surface area contributed by atoms with Crippen LogP contribution in [-0.4, -0.2) is 67.2 Å². The van der Waals surface area contributed by atoms with Crippen LogP contribution in [-0.2, 0) is 28.5 Å². The molecule has 0 spiro atoms. The van der Waals surface area contributed by atoms with E-state index in [0.29, 0.717) is 36.6 Å². The van der Waals surface area contributed by atoms with Gasteiger partial charge in [0.15, 0.2) is 0 Å². The van der Waals surface area contributed by atoms with Crippen molar-refractivity contribution in [2.45, 2.75) is 46.1 Å². The summed E-state index contributed by atoms with van der Waals surface area (Å²) in [6, 6.07) is 5.38. The molecule has 1 aliphatic rings. The summed E-state index contributed by atoms with van der Waals surface area (Å²) in [6.45, 7) is 14.0. The number of para-hydroxylation sites is 1. The molecule has 1 heterocycles. The van der Waals surface area contributed by atoms with Crippen LogP contribution in [0.2, 0.25) is 0 Å². The van der Waals surface area contributed by atoms with Crippen molar-refractivity contribution >= 4 is 23.3 Å². The van der Waals surface area contributed by atoms with Gasteiger partial charge in [0.2, 0.25) is 6.79 Å². The zero-order valence-electron chi connectivity index (χ0n) is 22.3. The van der Waals surface area contributed by atoms with Gasteiger partial charge in [0, 0.05) is 25.2 Å². The second-order valence-corrected chi connectivity index (χ2v) is 9.41. The summed E-state index contributed by atoms with van der Waals surface area (Å²) >= 11 is 0. The molecule has 1 aliphatic heterocycles. The van der Waals surface area contributed by atoms with Crippen LogP contribution in [0.4, 0.5) is 0 Å². The molecule has 1 N–H and O–H groups in total. The van der Waals surface area contributed by atoms with Gasteiger partial charge in [0.25, 0.3) is 0 Å². The maximum absolute atomic E-state index is 12.2. The highest BCUT2D eigenvalue weighted by atomic mass is 16.7. The van der Waals surface area contributed by atoms with Crippen LogP contribution in [0.25, 0.3) is 11.3 Å². The normalized spacial score (nSPS) is 15.5. The summed E-state index contributed by atoms with van der Waals surface area (Å²) in [7, 11) is 0. The van der Waals surface area contributed by atoms with Gasteiger partial charge in [-0.15, -0.1) is 0 Å². The van der Waals surface area contributed by atoms with Gasteiger partial charge in [0.05, 0.1) is 31.6 Å². The van der Waals surface area contributed by atoms with E-state index in [1.54, 1.807) is 32.9 Å². The number of allylic oxidation sites excluding steroid dienone is 5. The molecule has 0 saturated carbocycles. The lowest BCUT2D eigenvalue weighted by Gasteiger charge is -2.25. The summed E-state index contributed by atoms with van der Waals surface area (Å²) in [5.41, 5.74) is 1.26. The molecule has 0 aromatic heterocycles. The van der Waals surface area contributed by atoms with Crippen molar-refractivity contribution in [1.29, 1.82) is 0 Å². The Balaban J connectivity index is 2.15. The Morgan fingerprint density at radius 2 is 1.78 bits per heavy atom. The molecule has 37 heavy (non-hydrogen) atoms. The maximum Gasteiger partial charge on any atom is 0.309 e. The number of phenolic OH excluding ortho intramolecular Hbond substituents is 1. The number of phenols is 1. The third-order valence-corrected chi connectivity index (χ3v) is 5.28. The highest BCUT2D eigenvalue weighted by Crippen LogP contribution is 2.34. The predicted octanol–water partition coefficient (Wildman–Crippen LogP) is 4.85. The number of ether oxygens (including phenoxy) is 4. The number of hydrogen-bond donors (Lipinski definition) is 1. The Bertz CT molecular complexity index is 1010. The molecule has 0 aliphatic carbocycles. The third kappa shape index (κ3) is 10.7. The Hall–Kier alpha value is -3.36. The van der Waals surface area contributed by atoms with Gasteiger partial charge >= 0.3 is 11.9 Å². The van der Waals surface area contributed by atoms with E-state index in [9.17, 15) is 14.7 Å². The summed E-state index contributed by atoms with van der Waals surface area (Å²) in [5, 5.41) is 11.1. The van der Waals surface area contributed by atoms with Crippen LogP contribution < -0.4 is 0 Å². The number of hydrogen-bond acceptors (Lipinski definition) is 8. The van der Waals surface area contributed by atoms with E-state index in [0.717, 1.165) is 18.7 Å². The molecule has 8 nitrogen and oxygen atoms in total. The van der Waals surface area contributed by atoms with E-state index in [4.69, 9.17) is 18.9 Å². The van der Waals surface area contributed by atoms with Crippen LogP contribution in [0.1, 0.15) is 51.7 Å². The summed E-state index contributed by atoms with van der Waals surface area (Å²) < 4.78 is 21.7. The summed E-state index contributed by atoms with van der Waals surface area (Å²) in [6.07, 6.45) is 8.88. The van der Waals surface area contributed by atoms with Crippen LogP contribution in [0.15, 0.2) is 55.2 Å². The number of aromatic hydroxyl groups is 1. The van der Waals surface area contributed by atoms with Gasteiger partial charge in [-0.25, -0.2) is 0 Å². The van der Waals surface area contributed by atoms with Gasteiger partial charge < -0.3 is 24.1 Å². The maximum atomic E-state index is 12.2. The molecule has 0 radical (unpaired) electrons. The highest BCUT2D eigenvalue weighted by molar-refractivity contribution is 5.82. The fourth-order valence-electron chi connectivity index (χ4n) is 3.59. The van der Waals surface area contributed by atoms with Crippen LogP contribution in [0.5, 0.6) is 5.75 Å². The van der Waals surface area contributed by atoms with E-state index in [-0.39, 0.29) is 25.4 Å². The molecule has 0 amide bonds. The zero-order valence-corrected chi connectivity index (χ0v) is 22.3. The van der Waals surface area contributed by atoms with Crippen molar-refractivity contribution in [2.24, 2.45) is 0 Å². The highest BCUT2D eigenvalue weighted by Gasteiger charge is 2.19. The fraction of sp³-hybridized carbons (Fsp3) is 0.448. The lowest BCUT2D eigenvalue weighted by atomic mass is 9.99. The number of carbonyl (C=O) groups excluding carboxylic acids is 2. The van der Waals surface area contributed by atoms with E-state index in [1.165, 1.54) is 0 Å². The molecule has 0 atom stereocenters. The van der Waals surface area contributed by atoms with E-state index in [1.807, 2.05) is 43.4 Å². The number of morpholine rings is 1. The third-order valence-electron chi connectivity index (χ3n) is 5.28. The first-order valence-corrected chi connectivity index (χ1v) is 12.4. The van der Waals surface area contributed by atoms with Crippen LogP contribution in [0.3, 0.4) is 0 Å². The first-order valence-electron chi connectivity index (χ1n) is 12.4. The Labute approximate surface area is 219 Å². The molecule has 1 aromatic rings. The van der Waals surface area contributed by atoms with E-state index >= 15 is 0 Å². The molecular formula is C29H39NO7. The molecule has 8 heteroatoms. The van der Waals surface area contributed by atoms with Gasteiger partial charge in [-0.05, 0) is 45.4 Å². The minimum Gasteiger partial charge on any atom is -0.507 e. The molecule has 0 unspecified atom stereocenters. The van der Waals surface area contributed by atoms with Crippen molar-refractivity contribution in [3.63, 3.8) is 0 Å². The SMILES string of the molecule is C=C/C=C(\C=C/C)c1cccc(/C(=C\CN2CCOCC2)OCOC(=O)CCC(=O)OC(C)(C)C)c1O. The van der Waals surface area contributed by atoms with Gasteiger partial charge in [-0.2, -0.15) is 0 Å². The van der Waals surface area contributed by atoms with Crippen LogP contribution >= 0.6 is 0 Å². The van der Waals surface area contributed by atoms with Gasteiger partial charge in [-0.3, -0.25) is 14.5 Å². The number of carbonyl (C=O) groups is 2. The second kappa shape index (κ2) is 15.0. The van der Waals surface area contributed by atoms with Crippen molar-refractivity contribution in [2.75, 3.05) is 39.6 Å². The molecular weight excluding hydrogens is 474 g/mol. The first-order chi connectivity index (χ1) is 17.6. The Kier molecular flexibility index (Phi) is 12.1. The van der Waals surface area contributed by atoms with Crippen molar-refractivity contribution < 1.29 is 33.6 Å². The number of benzene rings is 1. The Morgan fingerprint density at radius 1 is 1.11 bits per heavy atom. The number of rotatable bonds is 12. The van der Waals surface area contributed by atoms with Crippen molar-refractivity contribution in [3.05, 3.63) is 66.3 Å². The van der Waals surface area contributed by atoms with E-state index in [2.05, 4.69) is 11.5 Å². The number of esters is 2. The standard InChI is InChI=1S/C29H39NO7/c1-6-9-22(10-7-2)23-11-8-12-24(28(23)33)25(15-16-30-17-19-34-20-18-30)35-21-36-26(31)13-14-27(32)37-29(3,4)5/h6-12,15,33H,1,13-14,16-21H2,2-5H3/b10-7-,22-9+,25-15+. The molecule has 1 saturated heterocycles. The minimum absolute atomic E-state index is 0.0400. The Morgan fingerprint density at radius 3 is 2.43 bits per heavy atom. The van der Waals surface area contributed by atoms with Crippen LogP contribution in [0, 0.1) is 0 Å². The summed E-state index contributed by atoms with van der Waals surface area (Å²) in [5.74, 6) is -0.634. The largest absolute Gasteiger partial charge is 0.507 e. The van der Waals surface area contributed by atoms with Gasteiger partial charge in [0.1, 0.15) is 17.1 Å². The zero-order chi connectivity index (χ0) is 27.3. The predicted molar refractivity (Wildman–Crippen MR) is 143 cm³/mol. The smallest absolute Gasteiger partial charge is 0.309 e. The van der Waals surface area contributed by atoms with Crippen molar-refractivity contribution in [3.8, 4) is 5.75 Å². The molecule has 2 rings (SSSR count). The average molecular weight is 514 g/mol. The van der Waals surface area contributed by atoms with Crippen molar-refractivity contribution in [1.82, 2.24) is 4.90 Å². The molecule has 0 bridgehead atoms. The molecule has 1 aromatic carbocycles. The quantitative estimate of drug-likeness (QED) is 0.183. The molecule has 1 fully saturated rings. The summed E-state index contributed by atoms with van der Waals surface area (Å²) in [4.78, 5) is 26.2. The van der Waals surface area contributed by atoms with E-state index < -0.39 is 17.5 Å². The molecule has 202 valence electrons. The van der Waals surface area contributed by atoms with Gasteiger partial charge in [-0.1, -0.05) is 43.0 Å². The fourth-order valence-corrected chi connectivity index (χ4v) is 3.59. The number of nitrogens with zero attached hydrogens (tertiary/aromatic N) is 1.